The highest BCUT2D eigenvalue weighted by Gasteiger charge is 2.21. The predicted molar refractivity (Wildman–Crippen MR) is 104 cm³/mol. The molecule has 1 aliphatic heterocycles. The highest BCUT2D eigenvalue weighted by atomic mass is 16.5. The Morgan fingerprint density at radius 2 is 1.96 bits per heavy atom. The second-order valence-corrected chi connectivity index (χ2v) is 6.91. The topological polar surface area (TPSA) is 50.9 Å². The Morgan fingerprint density at radius 1 is 1.15 bits per heavy atom. The number of nitrogens with zero attached hydrogens (tertiary/aromatic N) is 3. The molecule has 0 N–H and O–H groups in total. The van der Waals surface area contributed by atoms with Crippen molar-refractivity contribution < 1.29 is 13.9 Å². The van der Waals surface area contributed by atoms with E-state index in [0.29, 0.717) is 18.8 Å². The van der Waals surface area contributed by atoms with Gasteiger partial charge in [0.25, 0.3) is 5.91 Å². The Bertz CT molecular complexity index is 895. The second-order valence-electron chi connectivity index (χ2n) is 6.91. The maximum Gasteiger partial charge on any atom is 0.289 e. The van der Waals surface area contributed by atoms with Crippen molar-refractivity contribution >= 4 is 16.8 Å². The maximum absolute atomic E-state index is 13.0. The zero-order chi connectivity index (χ0) is 18.6. The Labute approximate surface area is 158 Å². The average Bonchev–Trinajstić information content (AvgIpc) is 3.35. The lowest BCUT2D eigenvalue weighted by Gasteiger charge is -2.30. The standard InChI is InChI=1S/C21H25N3O3/c1-22-18(15-17-5-2-3-6-19(17)22)16-24(21(25)20-7-4-12-27-20)9-8-23-10-13-26-14-11-23/h2-7,12,15H,8-11,13-14,16H2,1H3. The van der Waals surface area contributed by atoms with Crippen molar-refractivity contribution in [1.29, 1.82) is 0 Å². The quantitative estimate of drug-likeness (QED) is 0.672. The van der Waals surface area contributed by atoms with Gasteiger partial charge in [0.05, 0.1) is 26.0 Å². The summed E-state index contributed by atoms with van der Waals surface area (Å²) in [6, 6.07) is 13.9. The second kappa shape index (κ2) is 7.98. The number of morpholine rings is 1. The van der Waals surface area contributed by atoms with Gasteiger partial charge in [-0.3, -0.25) is 9.69 Å². The van der Waals surface area contributed by atoms with Gasteiger partial charge in [0.15, 0.2) is 5.76 Å². The van der Waals surface area contributed by atoms with Gasteiger partial charge in [-0.25, -0.2) is 0 Å². The number of aromatic nitrogens is 1. The fourth-order valence-corrected chi connectivity index (χ4v) is 3.59. The predicted octanol–water partition coefficient (Wildman–Crippen LogP) is 2.75. The summed E-state index contributed by atoms with van der Waals surface area (Å²) < 4.78 is 12.9. The summed E-state index contributed by atoms with van der Waals surface area (Å²) in [5.41, 5.74) is 2.28. The Balaban J connectivity index is 1.54. The zero-order valence-electron chi connectivity index (χ0n) is 15.6. The molecular weight excluding hydrogens is 342 g/mol. The fourth-order valence-electron chi connectivity index (χ4n) is 3.59. The third-order valence-corrected chi connectivity index (χ3v) is 5.21. The summed E-state index contributed by atoms with van der Waals surface area (Å²) in [4.78, 5) is 17.2. The monoisotopic (exact) mass is 367 g/mol. The normalized spacial score (nSPS) is 15.3. The molecule has 3 heterocycles. The number of hydrogen-bond acceptors (Lipinski definition) is 4. The molecule has 1 saturated heterocycles. The molecule has 27 heavy (non-hydrogen) atoms. The van der Waals surface area contributed by atoms with Gasteiger partial charge in [-0.05, 0) is 29.7 Å². The Morgan fingerprint density at radius 3 is 2.70 bits per heavy atom. The minimum Gasteiger partial charge on any atom is -0.459 e. The van der Waals surface area contributed by atoms with Crippen LogP contribution in [0.25, 0.3) is 10.9 Å². The third kappa shape index (κ3) is 3.91. The number of fused-ring (bicyclic) bond motifs is 1. The highest BCUT2D eigenvalue weighted by molar-refractivity contribution is 5.91. The molecule has 0 atom stereocenters. The molecule has 0 unspecified atom stereocenters. The molecule has 4 rings (SSSR count). The van der Waals surface area contributed by atoms with Gasteiger partial charge in [0.2, 0.25) is 0 Å². The molecule has 1 amide bonds. The van der Waals surface area contributed by atoms with E-state index in [0.717, 1.165) is 38.5 Å². The molecule has 1 aromatic carbocycles. The summed E-state index contributed by atoms with van der Waals surface area (Å²) in [6.45, 7) is 5.38. The molecule has 1 aliphatic rings. The van der Waals surface area contributed by atoms with Crippen molar-refractivity contribution in [3.63, 3.8) is 0 Å². The van der Waals surface area contributed by atoms with Crippen LogP contribution in [0.5, 0.6) is 0 Å². The van der Waals surface area contributed by atoms with Gasteiger partial charge in [-0.2, -0.15) is 0 Å². The number of benzene rings is 1. The number of hydrogen-bond donors (Lipinski definition) is 0. The molecule has 0 radical (unpaired) electrons. The van der Waals surface area contributed by atoms with Crippen molar-refractivity contribution in [3.05, 3.63) is 60.2 Å². The Hall–Kier alpha value is -2.57. The molecular formula is C21H25N3O3. The summed E-state index contributed by atoms with van der Waals surface area (Å²) in [5.74, 6) is 0.314. The SMILES string of the molecule is Cn1c(CN(CCN2CCOCC2)C(=O)c2ccco2)cc2ccccc21. The number of carbonyl (C=O) groups excluding carboxylic acids is 1. The molecule has 6 nitrogen and oxygen atoms in total. The van der Waals surface area contributed by atoms with Crippen LogP contribution in [0.1, 0.15) is 16.2 Å². The van der Waals surface area contributed by atoms with E-state index in [1.54, 1.807) is 18.4 Å². The minimum absolute atomic E-state index is 0.0708. The lowest BCUT2D eigenvalue weighted by molar-refractivity contribution is 0.0315. The highest BCUT2D eigenvalue weighted by Crippen LogP contribution is 2.20. The van der Waals surface area contributed by atoms with Crippen LogP contribution in [-0.2, 0) is 18.3 Å². The number of rotatable bonds is 6. The van der Waals surface area contributed by atoms with E-state index in [9.17, 15) is 4.79 Å². The summed E-state index contributed by atoms with van der Waals surface area (Å²) >= 11 is 0. The van der Waals surface area contributed by atoms with Gasteiger partial charge in [-0.15, -0.1) is 0 Å². The van der Waals surface area contributed by atoms with E-state index >= 15 is 0 Å². The van der Waals surface area contributed by atoms with Crippen LogP contribution in [-0.4, -0.2) is 59.7 Å². The molecule has 6 heteroatoms. The first-order valence-corrected chi connectivity index (χ1v) is 9.38. The zero-order valence-corrected chi connectivity index (χ0v) is 15.6. The van der Waals surface area contributed by atoms with Gasteiger partial charge in [0, 0.05) is 44.4 Å². The van der Waals surface area contributed by atoms with Crippen LogP contribution in [0.4, 0.5) is 0 Å². The van der Waals surface area contributed by atoms with Crippen molar-refractivity contribution in [2.45, 2.75) is 6.54 Å². The van der Waals surface area contributed by atoms with Crippen LogP contribution in [0.15, 0.2) is 53.1 Å². The number of para-hydroxylation sites is 1. The van der Waals surface area contributed by atoms with E-state index in [4.69, 9.17) is 9.15 Å². The first kappa shape index (κ1) is 17.8. The van der Waals surface area contributed by atoms with E-state index < -0.39 is 0 Å². The average molecular weight is 367 g/mol. The minimum atomic E-state index is -0.0708. The van der Waals surface area contributed by atoms with Gasteiger partial charge >= 0.3 is 0 Å². The van der Waals surface area contributed by atoms with Gasteiger partial charge < -0.3 is 18.6 Å². The molecule has 1 fully saturated rings. The molecule has 142 valence electrons. The summed E-state index contributed by atoms with van der Waals surface area (Å²) in [5, 5.41) is 1.19. The number of furan rings is 1. The lowest BCUT2D eigenvalue weighted by atomic mass is 10.2. The fraction of sp³-hybridized carbons (Fsp3) is 0.381. The summed E-state index contributed by atoms with van der Waals surface area (Å²) in [6.07, 6.45) is 1.55. The van der Waals surface area contributed by atoms with E-state index in [2.05, 4.69) is 34.7 Å². The molecule has 0 bridgehead atoms. The van der Waals surface area contributed by atoms with Crippen LogP contribution >= 0.6 is 0 Å². The maximum atomic E-state index is 13.0. The number of carbonyl (C=O) groups is 1. The van der Waals surface area contributed by atoms with Crippen molar-refractivity contribution in [2.75, 3.05) is 39.4 Å². The van der Waals surface area contributed by atoms with Crippen molar-refractivity contribution in [1.82, 2.24) is 14.4 Å². The first-order valence-electron chi connectivity index (χ1n) is 9.38. The van der Waals surface area contributed by atoms with Crippen LogP contribution in [0, 0.1) is 0 Å². The van der Waals surface area contributed by atoms with E-state index in [1.165, 1.54) is 10.9 Å². The molecule has 2 aromatic heterocycles. The molecule has 0 saturated carbocycles. The van der Waals surface area contributed by atoms with Crippen LogP contribution in [0.3, 0.4) is 0 Å². The smallest absolute Gasteiger partial charge is 0.289 e. The van der Waals surface area contributed by atoms with Crippen molar-refractivity contribution in [3.8, 4) is 0 Å². The number of amides is 1. The van der Waals surface area contributed by atoms with Gasteiger partial charge in [-0.1, -0.05) is 18.2 Å². The largest absolute Gasteiger partial charge is 0.459 e. The first-order chi connectivity index (χ1) is 13.2. The number of aryl methyl sites for hydroxylation is 1. The van der Waals surface area contributed by atoms with Crippen LogP contribution < -0.4 is 0 Å². The summed E-state index contributed by atoms with van der Waals surface area (Å²) in [7, 11) is 2.05. The molecule has 0 spiro atoms. The third-order valence-electron chi connectivity index (χ3n) is 5.21. The van der Waals surface area contributed by atoms with E-state index in [-0.39, 0.29) is 5.91 Å². The van der Waals surface area contributed by atoms with Gasteiger partial charge in [0.1, 0.15) is 0 Å². The van der Waals surface area contributed by atoms with Crippen LogP contribution in [0.2, 0.25) is 0 Å². The van der Waals surface area contributed by atoms with E-state index in [1.807, 2.05) is 17.0 Å². The number of ether oxygens (including phenoxy) is 1. The lowest BCUT2D eigenvalue weighted by Crippen LogP contribution is -2.43. The molecule has 0 aliphatic carbocycles. The molecule has 3 aromatic rings. The Kier molecular flexibility index (Phi) is 5.27. The van der Waals surface area contributed by atoms with Crippen molar-refractivity contribution in [2.24, 2.45) is 7.05 Å².